The van der Waals surface area contributed by atoms with Crippen molar-refractivity contribution >= 4 is 5.69 Å². The minimum Gasteiger partial charge on any atom is -0.378 e. The van der Waals surface area contributed by atoms with Crippen molar-refractivity contribution in [1.29, 1.82) is 0 Å². The van der Waals surface area contributed by atoms with E-state index in [0.29, 0.717) is 25.7 Å². The Hall–Kier alpha value is -1.13. The number of hydrogen-bond acceptors (Lipinski definition) is 3. The van der Waals surface area contributed by atoms with Gasteiger partial charge in [-0.15, -0.1) is 0 Å². The first-order valence-corrected chi connectivity index (χ1v) is 6.99. The molecule has 0 unspecified atom stereocenters. The molecule has 1 aliphatic heterocycles. The van der Waals surface area contributed by atoms with Crippen LogP contribution in [0.2, 0.25) is 0 Å². The molecule has 0 radical (unpaired) electrons. The van der Waals surface area contributed by atoms with E-state index in [2.05, 4.69) is 24.1 Å². The highest BCUT2D eigenvalue weighted by atomic mass is 19.1. The van der Waals surface area contributed by atoms with Gasteiger partial charge in [0.15, 0.2) is 0 Å². The number of benzene rings is 1. The number of anilines is 1. The van der Waals surface area contributed by atoms with Crippen molar-refractivity contribution in [3.63, 3.8) is 0 Å². The number of halogens is 1. The van der Waals surface area contributed by atoms with Gasteiger partial charge in [-0.2, -0.15) is 0 Å². The average molecular weight is 266 g/mol. The molecule has 1 N–H and O–H groups in total. The van der Waals surface area contributed by atoms with Gasteiger partial charge in [0.05, 0.1) is 18.9 Å². The van der Waals surface area contributed by atoms with E-state index in [0.717, 1.165) is 30.9 Å². The van der Waals surface area contributed by atoms with Crippen molar-refractivity contribution in [2.45, 2.75) is 20.4 Å². The topological polar surface area (TPSA) is 24.5 Å². The fourth-order valence-electron chi connectivity index (χ4n) is 2.34. The molecular weight excluding hydrogens is 243 g/mol. The normalized spacial score (nSPS) is 16.1. The highest BCUT2D eigenvalue weighted by molar-refractivity contribution is 5.55. The van der Waals surface area contributed by atoms with Crippen LogP contribution in [0.25, 0.3) is 0 Å². The van der Waals surface area contributed by atoms with Gasteiger partial charge in [-0.05, 0) is 24.1 Å². The van der Waals surface area contributed by atoms with Crippen molar-refractivity contribution in [2.75, 3.05) is 37.7 Å². The van der Waals surface area contributed by atoms with Crippen molar-refractivity contribution in [3.8, 4) is 0 Å². The molecule has 0 aromatic heterocycles. The second kappa shape index (κ2) is 6.87. The van der Waals surface area contributed by atoms with Crippen LogP contribution in [0.5, 0.6) is 0 Å². The van der Waals surface area contributed by atoms with Crippen molar-refractivity contribution in [3.05, 3.63) is 29.6 Å². The van der Waals surface area contributed by atoms with Gasteiger partial charge in [0.25, 0.3) is 0 Å². The summed E-state index contributed by atoms with van der Waals surface area (Å²) < 4.78 is 19.4. The zero-order chi connectivity index (χ0) is 13.7. The number of rotatable bonds is 5. The van der Waals surface area contributed by atoms with Crippen LogP contribution in [-0.2, 0) is 11.3 Å². The summed E-state index contributed by atoms with van der Waals surface area (Å²) in [5.74, 6) is 0.464. The molecule has 1 saturated heterocycles. The molecule has 3 nitrogen and oxygen atoms in total. The van der Waals surface area contributed by atoms with Gasteiger partial charge in [0, 0.05) is 19.6 Å². The Morgan fingerprint density at radius 2 is 2.05 bits per heavy atom. The summed E-state index contributed by atoms with van der Waals surface area (Å²) in [7, 11) is 0. The predicted molar refractivity (Wildman–Crippen MR) is 76.0 cm³/mol. The Morgan fingerprint density at radius 1 is 1.32 bits per heavy atom. The Morgan fingerprint density at radius 3 is 2.74 bits per heavy atom. The predicted octanol–water partition coefficient (Wildman–Crippen LogP) is 2.41. The summed E-state index contributed by atoms with van der Waals surface area (Å²) in [4.78, 5) is 2.09. The quantitative estimate of drug-likeness (QED) is 0.885. The molecule has 1 aliphatic rings. The van der Waals surface area contributed by atoms with E-state index in [-0.39, 0.29) is 5.82 Å². The minimum atomic E-state index is -0.134. The van der Waals surface area contributed by atoms with E-state index in [1.165, 1.54) is 6.07 Å². The molecule has 0 spiro atoms. The lowest BCUT2D eigenvalue weighted by molar-refractivity contribution is 0.122. The summed E-state index contributed by atoms with van der Waals surface area (Å²) in [5, 5.41) is 3.38. The van der Waals surface area contributed by atoms with Gasteiger partial charge in [-0.1, -0.05) is 26.0 Å². The van der Waals surface area contributed by atoms with Gasteiger partial charge < -0.3 is 15.0 Å². The molecule has 106 valence electrons. The number of nitrogens with zero attached hydrogens (tertiary/aromatic N) is 1. The fourth-order valence-corrected chi connectivity index (χ4v) is 2.34. The van der Waals surface area contributed by atoms with Gasteiger partial charge in [0.2, 0.25) is 0 Å². The molecule has 1 heterocycles. The molecule has 1 aromatic rings. The van der Waals surface area contributed by atoms with Crippen LogP contribution in [0, 0.1) is 11.7 Å². The van der Waals surface area contributed by atoms with Crippen LogP contribution in [0.1, 0.15) is 19.4 Å². The minimum absolute atomic E-state index is 0.134. The molecule has 0 amide bonds. The maximum Gasteiger partial charge on any atom is 0.146 e. The molecule has 2 rings (SSSR count). The van der Waals surface area contributed by atoms with Gasteiger partial charge in [-0.25, -0.2) is 4.39 Å². The third-order valence-corrected chi connectivity index (χ3v) is 3.27. The van der Waals surface area contributed by atoms with Crippen LogP contribution in [-0.4, -0.2) is 32.8 Å². The number of ether oxygens (including phenoxy) is 1. The number of nitrogens with one attached hydrogen (secondary N) is 1. The van der Waals surface area contributed by atoms with E-state index >= 15 is 0 Å². The van der Waals surface area contributed by atoms with E-state index < -0.39 is 0 Å². The fraction of sp³-hybridized carbons (Fsp3) is 0.600. The largest absolute Gasteiger partial charge is 0.378 e. The first kappa shape index (κ1) is 14.3. The lowest BCUT2D eigenvalue weighted by atomic mass is 10.1. The number of hydrogen-bond donors (Lipinski definition) is 1. The maximum atomic E-state index is 14.1. The van der Waals surface area contributed by atoms with Crippen LogP contribution in [0.15, 0.2) is 18.2 Å². The molecule has 1 fully saturated rings. The molecule has 0 bridgehead atoms. The third kappa shape index (κ3) is 3.91. The summed E-state index contributed by atoms with van der Waals surface area (Å²) in [6, 6.07) is 5.32. The summed E-state index contributed by atoms with van der Waals surface area (Å²) in [6.07, 6.45) is 0. The summed E-state index contributed by atoms with van der Waals surface area (Å²) >= 11 is 0. The standard InChI is InChI=1S/C15H23FN2O/c1-12(2)10-17-11-13-4-3-5-14(16)15(13)18-6-8-19-9-7-18/h3-5,12,17H,6-11H2,1-2H3. The van der Waals surface area contributed by atoms with Crippen molar-refractivity contribution in [1.82, 2.24) is 5.32 Å². The zero-order valence-corrected chi connectivity index (χ0v) is 11.8. The molecular formula is C15H23FN2O. The van der Waals surface area contributed by atoms with E-state index in [4.69, 9.17) is 4.74 Å². The average Bonchev–Trinajstić information content (AvgIpc) is 2.39. The second-order valence-electron chi connectivity index (χ2n) is 5.37. The first-order chi connectivity index (χ1) is 9.18. The van der Waals surface area contributed by atoms with Gasteiger partial charge >= 0.3 is 0 Å². The Balaban J connectivity index is 2.10. The summed E-state index contributed by atoms with van der Waals surface area (Å²) in [5.41, 5.74) is 1.77. The zero-order valence-electron chi connectivity index (χ0n) is 11.8. The molecule has 1 aromatic carbocycles. The highest BCUT2D eigenvalue weighted by Gasteiger charge is 2.18. The number of para-hydroxylation sites is 1. The van der Waals surface area contributed by atoms with Crippen molar-refractivity contribution < 1.29 is 9.13 Å². The Bertz CT molecular complexity index is 403. The van der Waals surface area contributed by atoms with E-state index in [1.54, 1.807) is 6.07 Å². The van der Waals surface area contributed by atoms with E-state index in [9.17, 15) is 4.39 Å². The smallest absolute Gasteiger partial charge is 0.146 e. The molecule has 0 saturated carbocycles. The van der Waals surface area contributed by atoms with Crippen LogP contribution in [0.4, 0.5) is 10.1 Å². The molecule has 19 heavy (non-hydrogen) atoms. The molecule has 0 aliphatic carbocycles. The van der Waals surface area contributed by atoms with E-state index in [1.807, 2.05) is 6.07 Å². The maximum absolute atomic E-state index is 14.1. The first-order valence-electron chi connectivity index (χ1n) is 6.99. The highest BCUT2D eigenvalue weighted by Crippen LogP contribution is 2.25. The van der Waals surface area contributed by atoms with Crippen molar-refractivity contribution in [2.24, 2.45) is 5.92 Å². The number of morpholine rings is 1. The molecule has 0 atom stereocenters. The van der Waals surface area contributed by atoms with Gasteiger partial charge in [-0.3, -0.25) is 0 Å². The molecule has 4 heteroatoms. The summed E-state index contributed by atoms with van der Waals surface area (Å²) in [6.45, 7) is 8.86. The lowest BCUT2D eigenvalue weighted by Crippen LogP contribution is -2.37. The Labute approximate surface area is 114 Å². The third-order valence-electron chi connectivity index (χ3n) is 3.27. The monoisotopic (exact) mass is 266 g/mol. The Kier molecular flexibility index (Phi) is 5.16. The van der Waals surface area contributed by atoms with Crippen LogP contribution >= 0.6 is 0 Å². The SMILES string of the molecule is CC(C)CNCc1cccc(F)c1N1CCOCC1. The second-order valence-corrected chi connectivity index (χ2v) is 5.37. The van der Waals surface area contributed by atoms with Gasteiger partial charge in [0.1, 0.15) is 5.82 Å². The van der Waals surface area contributed by atoms with Crippen LogP contribution in [0.3, 0.4) is 0 Å². The van der Waals surface area contributed by atoms with Crippen LogP contribution < -0.4 is 10.2 Å². The lowest BCUT2D eigenvalue weighted by Gasteiger charge is -2.31.